The van der Waals surface area contributed by atoms with Gasteiger partial charge in [0.2, 0.25) is 5.91 Å². The largest absolute Gasteiger partial charge is 0.353 e. The Kier molecular flexibility index (Phi) is 8.08. The SMILES string of the molecule is CC(Cc1ccsc1)NC(=O)CCCNC(=O)NC1CCCCC1. The highest BCUT2D eigenvalue weighted by molar-refractivity contribution is 7.07. The molecule has 0 bridgehead atoms. The molecule has 1 aliphatic carbocycles. The van der Waals surface area contributed by atoms with Crippen molar-refractivity contribution in [1.29, 1.82) is 0 Å². The topological polar surface area (TPSA) is 70.2 Å². The quantitative estimate of drug-likeness (QED) is 0.630. The molecular weight excluding hydrogens is 322 g/mol. The highest BCUT2D eigenvalue weighted by Crippen LogP contribution is 2.17. The van der Waals surface area contributed by atoms with Crippen LogP contribution in [0.15, 0.2) is 16.8 Å². The Balaban J connectivity index is 1.51. The first kappa shape index (κ1) is 18.8. The van der Waals surface area contributed by atoms with Crippen LogP contribution in [0.2, 0.25) is 0 Å². The second-order valence-corrected chi connectivity index (χ2v) is 7.42. The monoisotopic (exact) mass is 351 g/mol. The molecule has 1 saturated carbocycles. The average Bonchev–Trinajstić information content (AvgIpc) is 3.05. The van der Waals surface area contributed by atoms with Crippen molar-refractivity contribution < 1.29 is 9.59 Å². The van der Waals surface area contributed by atoms with Crippen LogP contribution in [0.5, 0.6) is 0 Å². The summed E-state index contributed by atoms with van der Waals surface area (Å²) < 4.78 is 0. The van der Waals surface area contributed by atoms with Gasteiger partial charge < -0.3 is 16.0 Å². The van der Waals surface area contributed by atoms with Crippen molar-refractivity contribution in [2.75, 3.05) is 6.54 Å². The molecule has 1 fully saturated rings. The van der Waals surface area contributed by atoms with Gasteiger partial charge in [-0.05, 0) is 55.0 Å². The van der Waals surface area contributed by atoms with E-state index in [1.807, 2.05) is 12.3 Å². The van der Waals surface area contributed by atoms with Crippen molar-refractivity contribution in [1.82, 2.24) is 16.0 Å². The minimum Gasteiger partial charge on any atom is -0.353 e. The lowest BCUT2D eigenvalue weighted by atomic mass is 9.96. The summed E-state index contributed by atoms with van der Waals surface area (Å²) in [6, 6.07) is 2.44. The second-order valence-electron chi connectivity index (χ2n) is 6.64. The van der Waals surface area contributed by atoms with Crippen LogP contribution in [-0.4, -0.2) is 30.6 Å². The van der Waals surface area contributed by atoms with E-state index < -0.39 is 0 Å². The van der Waals surface area contributed by atoms with Gasteiger partial charge >= 0.3 is 6.03 Å². The molecule has 1 heterocycles. The van der Waals surface area contributed by atoms with Crippen LogP contribution in [0.3, 0.4) is 0 Å². The van der Waals surface area contributed by atoms with Gasteiger partial charge in [-0.3, -0.25) is 4.79 Å². The van der Waals surface area contributed by atoms with Crippen LogP contribution >= 0.6 is 11.3 Å². The van der Waals surface area contributed by atoms with Crippen molar-refractivity contribution in [3.8, 4) is 0 Å². The maximum atomic E-state index is 11.9. The number of thiophene rings is 1. The maximum absolute atomic E-state index is 11.9. The summed E-state index contributed by atoms with van der Waals surface area (Å²) in [7, 11) is 0. The molecule has 0 aromatic carbocycles. The minimum atomic E-state index is -0.104. The maximum Gasteiger partial charge on any atom is 0.315 e. The van der Waals surface area contributed by atoms with Crippen LogP contribution in [0.25, 0.3) is 0 Å². The molecule has 0 saturated heterocycles. The van der Waals surface area contributed by atoms with Crippen molar-refractivity contribution in [3.63, 3.8) is 0 Å². The lowest BCUT2D eigenvalue weighted by molar-refractivity contribution is -0.121. The van der Waals surface area contributed by atoms with E-state index in [9.17, 15) is 9.59 Å². The van der Waals surface area contributed by atoms with Crippen LogP contribution < -0.4 is 16.0 Å². The first-order chi connectivity index (χ1) is 11.6. The van der Waals surface area contributed by atoms with Gasteiger partial charge in [-0.15, -0.1) is 0 Å². The first-order valence-electron chi connectivity index (χ1n) is 8.98. The van der Waals surface area contributed by atoms with Crippen molar-refractivity contribution in [2.45, 2.75) is 70.4 Å². The lowest BCUT2D eigenvalue weighted by Crippen LogP contribution is -2.43. The molecule has 0 spiro atoms. The Morgan fingerprint density at radius 1 is 1.29 bits per heavy atom. The zero-order chi connectivity index (χ0) is 17.2. The minimum absolute atomic E-state index is 0.0484. The fourth-order valence-corrected chi connectivity index (χ4v) is 3.78. The predicted molar refractivity (Wildman–Crippen MR) is 98.3 cm³/mol. The average molecular weight is 352 g/mol. The second kappa shape index (κ2) is 10.3. The molecule has 5 nitrogen and oxygen atoms in total. The molecule has 134 valence electrons. The summed E-state index contributed by atoms with van der Waals surface area (Å²) in [5, 5.41) is 13.0. The lowest BCUT2D eigenvalue weighted by Gasteiger charge is -2.22. The van der Waals surface area contributed by atoms with Crippen LogP contribution in [0, 0.1) is 0 Å². The van der Waals surface area contributed by atoms with Gasteiger partial charge in [0.1, 0.15) is 0 Å². The third-order valence-electron chi connectivity index (χ3n) is 4.34. The van der Waals surface area contributed by atoms with Crippen LogP contribution in [0.4, 0.5) is 4.79 Å². The van der Waals surface area contributed by atoms with E-state index in [0.717, 1.165) is 19.3 Å². The molecule has 1 unspecified atom stereocenters. The number of nitrogens with one attached hydrogen (secondary N) is 3. The van der Waals surface area contributed by atoms with Gasteiger partial charge in [0.15, 0.2) is 0 Å². The van der Waals surface area contributed by atoms with E-state index in [1.165, 1.54) is 24.8 Å². The molecule has 3 amide bonds. The standard InChI is InChI=1S/C18H29N3O2S/c1-14(12-15-9-11-24-13-15)20-17(22)8-5-10-19-18(23)21-16-6-3-2-4-7-16/h9,11,13-14,16H,2-8,10,12H2,1H3,(H,20,22)(H2,19,21,23). The van der Waals surface area contributed by atoms with E-state index >= 15 is 0 Å². The Hall–Kier alpha value is -1.56. The number of hydrogen-bond donors (Lipinski definition) is 3. The summed E-state index contributed by atoms with van der Waals surface area (Å²) in [5.41, 5.74) is 1.26. The van der Waals surface area contributed by atoms with E-state index in [0.29, 0.717) is 25.4 Å². The van der Waals surface area contributed by atoms with Crippen molar-refractivity contribution in [3.05, 3.63) is 22.4 Å². The number of urea groups is 1. The van der Waals surface area contributed by atoms with Gasteiger partial charge in [-0.25, -0.2) is 4.79 Å². The summed E-state index contributed by atoms with van der Waals surface area (Å²) in [6.45, 7) is 2.55. The Labute approximate surface area is 148 Å². The summed E-state index contributed by atoms with van der Waals surface area (Å²) in [4.78, 5) is 23.7. The molecule has 1 aromatic heterocycles. The highest BCUT2D eigenvalue weighted by atomic mass is 32.1. The molecule has 1 aliphatic rings. The zero-order valence-corrected chi connectivity index (χ0v) is 15.3. The molecule has 0 aliphatic heterocycles. The van der Waals surface area contributed by atoms with Gasteiger partial charge in [0.05, 0.1) is 0 Å². The Morgan fingerprint density at radius 3 is 2.79 bits per heavy atom. The zero-order valence-electron chi connectivity index (χ0n) is 14.5. The van der Waals surface area contributed by atoms with E-state index in [4.69, 9.17) is 0 Å². The number of hydrogen-bond acceptors (Lipinski definition) is 3. The van der Waals surface area contributed by atoms with Gasteiger partial charge in [-0.2, -0.15) is 11.3 Å². The number of amides is 3. The van der Waals surface area contributed by atoms with E-state index in [2.05, 4.69) is 27.4 Å². The fourth-order valence-electron chi connectivity index (χ4n) is 3.09. The van der Waals surface area contributed by atoms with Gasteiger partial charge in [0, 0.05) is 25.0 Å². The van der Waals surface area contributed by atoms with Gasteiger partial charge in [0.25, 0.3) is 0 Å². The number of rotatable bonds is 8. The van der Waals surface area contributed by atoms with Crippen LogP contribution in [0.1, 0.15) is 57.4 Å². The van der Waals surface area contributed by atoms with Gasteiger partial charge in [-0.1, -0.05) is 19.3 Å². The smallest absolute Gasteiger partial charge is 0.315 e. The molecular formula is C18H29N3O2S. The van der Waals surface area contributed by atoms with E-state index in [1.54, 1.807) is 11.3 Å². The fraction of sp³-hybridized carbons (Fsp3) is 0.667. The third kappa shape index (κ3) is 7.34. The molecule has 1 atom stereocenters. The number of carbonyl (C=O) groups excluding carboxylic acids is 2. The molecule has 3 N–H and O–H groups in total. The summed E-state index contributed by atoms with van der Waals surface area (Å²) in [5.74, 6) is 0.0484. The highest BCUT2D eigenvalue weighted by Gasteiger charge is 2.15. The first-order valence-corrected chi connectivity index (χ1v) is 9.92. The van der Waals surface area contributed by atoms with Crippen molar-refractivity contribution in [2.24, 2.45) is 0 Å². The van der Waals surface area contributed by atoms with Crippen molar-refractivity contribution >= 4 is 23.3 Å². The summed E-state index contributed by atoms with van der Waals surface area (Å²) in [6.07, 6.45) is 7.81. The number of carbonyl (C=O) groups is 2. The molecule has 24 heavy (non-hydrogen) atoms. The third-order valence-corrected chi connectivity index (χ3v) is 5.07. The van der Waals surface area contributed by atoms with Crippen LogP contribution in [-0.2, 0) is 11.2 Å². The molecule has 6 heteroatoms. The normalized spacial score (nSPS) is 16.4. The molecule has 1 aromatic rings. The predicted octanol–water partition coefficient (Wildman–Crippen LogP) is 3.21. The summed E-state index contributed by atoms with van der Waals surface area (Å²) >= 11 is 1.67. The molecule has 2 rings (SSSR count). The Morgan fingerprint density at radius 2 is 2.08 bits per heavy atom. The molecule has 0 radical (unpaired) electrons. The Bertz CT molecular complexity index is 498. The van der Waals surface area contributed by atoms with E-state index in [-0.39, 0.29) is 18.0 Å².